The van der Waals surface area contributed by atoms with Crippen LogP contribution in [0.25, 0.3) is 5.57 Å². The van der Waals surface area contributed by atoms with Crippen molar-refractivity contribution in [2.24, 2.45) is 5.92 Å². The Bertz CT molecular complexity index is 714. The Morgan fingerprint density at radius 2 is 1.96 bits per heavy atom. The molecule has 3 fully saturated rings. The van der Waals surface area contributed by atoms with Crippen LogP contribution in [-0.4, -0.2) is 22.1 Å². The van der Waals surface area contributed by atoms with Gasteiger partial charge in [0.1, 0.15) is 5.78 Å². The number of carboxylic acid groups (broad SMARTS) is 1. The smallest absolute Gasteiger partial charge is 0.335 e. The third kappa shape index (κ3) is 3.59. The van der Waals surface area contributed by atoms with Gasteiger partial charge < -0.3 is 5.11 Å². The van der Waals surface area contributed by atoms with Gasteiger partial charge in [-0.15, -0.1) is 11.8 Å². The lowest BCUT2D eigenvalue weighted by molar-refractivity contribution is -0.130. The molecule has 3 nitrogen and oxygen atoms in total. The number of hydrogen-bond donors (Lipinski definition) is 1. The number of aliphatic carboxylic acids is 1. The van der Waals surface area contributed by atoms with Gasteiger partial charge in [0.2, 0.25) is 0 Å². The molecular weight excluding hydrogens is 320 g/mol. The number of thioether (sulfide) groups is 1. The molecule has 0 spiro atoms. The molecule has 4 heteroatoms. The molecule has 0 amide bonds. The lowest BCUT2D eigenvalue weighted by atomic mass is 9.96. The Morgan fingerprint density at radius 1 is 1.17 bits per heavy atom. The summed E-state index contributed by atoms with van der Waals surface area (Å²) in [4.78, 5) is 24.6. The van der Waals surface area contributed by atoms with Crippen molar-refractivity contribution in [1.82, 2.24) is 0 Å². The Labute approximate surface area is 146 Å². The number of Topliss-reactive ketones (excluding diaryl/α,β-unsaturated/α-hetero) is 1. The van der Waals surface area contributed by atoms with E-state index < -0.39 is 5.97 Å². The third-order valence-electron chi connectivity index (χ3n) is 5.07. The normalized spacial score (nSPS) is 24.4. The largest absolute Gasteiger partial charge is 0.478 e. The maximum absolute atomic E-state index is 11.8. The van der Waals surface area contributed by atoms with Crippen molar-refractivity contribution < 1.29 is 14.7 Å². The van der Waals surface area contributed by atoms with Crippen LogP contribution in [-0.2, 0) is 9.59 Å². The summed E-state index contributed by atoms with van der Waals surface area (Å²) in [5.41, 5.74) is 2.49. The van der Waals surface area contributed by atoms with Gasteiger partial charge in [-0.3, -0.25) is 4.79 Å². The highest BCUT2D eigenvalue weighted by atomic mass is 32.2. The van der Waals surface area contributed by atoms with Gasteiger partial charge in [0.05, 0.1) is 5.57 Å². The minimum atomic E-state index is -0.890. The second-order valence-electron chi connectivity index (χ2n) is 7.27. The summed E-state index contributed by atoms with van der Waals surface area (Å²) in [5, 5.41) is 10.4. The molecular formula is C20H22O3S. The number of allylic oxidation sites excluding steroid dienone is 1. The molecule has 1 unspecified atom stereocenters. The zero-order valence-electron chi connectivity index (χ0n) is 13.7. The van der Waals surface area contributed by atoms with Gasteiger partial charge in [0.25, 0.3) is 0 Å². The van der Waals surface area contributed by atoms with Crippen LogP contribution in [0.2, 0.25) is 0 Å². The zero-order chi connectivity index (χ0) is 16.7. The molecule has 126 valence electrons. The van der Waals surface area contributed by atoms with E-state index in [-0.39, 0.29) is 11.7 Å². The molecule has 3 saturated carbocycles. The van der Waals surface area contributed by atoms with Gasteiger partial charge in [0.15, 0.2) is 0 Å². The molecule has 0 saturated heterocycles. The molecule has 24 heavy (non-hydrogen) atoms. The fourth-order valence-corrected chi connectivity index (χ4v) is 4.65. The molecule has 3 aliphatic rings. The average Bonchev–Trinajstić information content (AvgIpc) is 3.46. The average molecular weight is 342 g/mol. The van der Waals surface area contributed by atoms with Gasteiger partial charge in [-0.25, -0.2) is 4.79 Å². The Kier molecular flexibility index (Phi) is 4.25. The van der Waals surface area contributed by atoms with E-state index in [1.54, 1.807) is 0 Å². The second-order valence-corrected chi connectivity index (χ2v) is 8.61. The van der Waals surface area contributed by atoms with Crippen LogP contribution in [0.3, 0.4) is 0 Å². The van der Waals surface area contributed by atoms with E-state index in [1.165, 1.54) is 36.1 Å². The number of carbonyl (C=O) groups is 2. The number of hydrogen-bond acceptors (Lipinski definition) is 3. The van der Waals surface area contributed by atoms with E-state index in [2.05, 4.69) is 12.1 Å². The van der Waals surface area contributed by atoms with Gasteiger partial charge in [-0.1, -0.05) is 12.1 Å². The zero-order valence-corrected chi connectivity index (χ0v) is 14.5. The number of benzene rings is 1. The first-order valence-corrected chi connectivity index (χ1v) is 9.76. The lowest BCUT2D eigenvalue weighted by Gasteiger charge is -2.12. The van der Waals surface area contributed by atoms with Crippen LogP contribution in [0, 0.1) is 5.92 Å². The minimum absolute atomic E-state index is 0.0773. The maximum atomic E-state index is 11.8. The topological polar surface area (TPSA) is 54.4 Å². The van der Waals surface area contributed by atoms with Crippen LogP contribution in [0.5, 0.6) is 0 Å². The van der Waals surface area contributed by atoms with Gasteiger partial charge in [-0.05, 0) is 67.2 Å². The summed E-state index contributed by atoms with van der Waals surface area (Å²) >= 11 is 1.95. The van der Waals surface area contributed by atoms with Gasteiger partial charge in [0, 0.05) is 23.0 Å². The van der Waals surface area contributed by atoms with Crippen LogP contribution in [0.1, 0.15) is 62.0 Å². The molecule has 0 aromatic heterocycles. The van der Waals surface area contributed by atoms with E-state index >= 15 is 0 Å². The molecule has 3 aliphatic carbocycles. The van der Waals surface area contributed by atoms with Gasteiger partial charge >= 0.3 is 5.97 Å². The highest BCUT2D eigenvalue weighted by Gasteiger charge is 2.30. The van der Waals surface area contributed by atoms with Crippen molar-refractivity contribution in [1.29, 1.82) is 0 Å². The summed E-state index contributed by atoms with van der Waals surface area (Å²) in [5.74, 6) is 0.0392. The molecule has 0 heterocycles. The van der Waals surface area contributed by atoms with Crippen molar-refractivity contribution in [2.45, 2.75) is 61.0 Å². The Morgan fingerprint density at radius 3 is 2.54 bits per heavy atom. The fourth-order valence-electron chi connectivity index (χ4n) is 3.41. The summed E-state index contributed by atoms with van der Waals surface area (Å²) < 4.78 is 0. The highest BCUT2D eigenvalue weighted by molar-refractivity contribution is 8.00. The third-order valence-corrected chi connectivity index (χ3v) is 6.50. The maximum Gasteiger partial charge on any atom is 0.335 e. The molecule has 1 aromatic carbocycles. The van der Waals surface area contributed by atoms with Crippen LogP contribution >= 0.6 is 11.8 Å². The highest BCUT2D eigenvalue weighted by Crippen LogP contribution is 2.48. The number of ketones is 1. The molecule has 0 radical (unpaired) electrons. The number of carboxylic acids is 1. The predicted octanol–water partition coefficient (Wildman–Crippen LogP) is 4.66. The Hall–Kier alpha value is -1.55. The SMILES string of the molecule is O=C1CCC(/C=C(/C(=O)O)c2ccc(SC3CC3)c(C3CC3)c2)C1. The molecule has 1 N–H and O–H groups in total. The van der Waals surface area contributed by atoms with E-state index in [9.17, 15) is 14.7 Å². The Balaban J connectivity index is 1.64. The predicted molar refractivity (Wildman–Crippen MR) is 95.3 cm³/mol. The van der Waals surface area contributed by atoms with E-state index in [1.807, 2.05) is 23.9 Å². The van der Waals surface area contributed by atoms with Gasteiger partial charge in [-0.2, -0.15) is 0 Å². The van der Waals surface area contributed by atoms with Crippen molar-refractivity contribution in [2.75, 3.05) is 0 Å². The van der Waals surface area contributed by atoms with Crippen LogP contribution < -0.4 is 0 Å². The van der Waals surface area contributed by atoms with Crippen molar-refractivity contribution >= 4 is 29.1 Å². The summed E-state index contributed by atoms with van der Waals surface area (Å²) in [6, 6.07) is 6.16. The lowest BCUT2D eigenvalue weighted by Crippen LogP contribution is -2.04. The summed E-state index contributed by atoms with van der Waals surface area (Å²) in [6.07, 6.45) is 8.68. The summed E-state index contributed by atoms with van der Waals surface area (Å²) in [7, 11) is 0. The molecule has 1 atom stereocenters. The number of carbonyl (C=O) groups excluding carboxylic acids is 1. The molecule has 0 aliphatic heterocycles. The second kappa shape index (κ2) is 6.40. The number of rotatable bonds is 6. The van der Waals surface area contributed by atoms with Crippen LogP contribution in [0.15, 0.2) is 29.2 Å². The molecule has 1 aromatic rings. The van der Waals surface area contributed by atoms with E-state index in [0.717, 1.165) is 17.2 Å². The first-order chi connectivity index (χ1) is 11.6. The van der Waals surface area contributed by atoms with Crippen molar-refractivity contribution in [3.63, 3.8) is 0 Å². The standard InChI is InChI=1S/C20H22O3S/c21-15-5-1-12(9-15)10-18(20(22)23)14-4-8-19(24-16-6-7-16)17(11-14)13-2-3-13/h4,8,10-13,16H,1-3,5-7,9H2,(H,22,23)/b18-10+. The van der Waals surface area contributed by atoms with Crippen molar-refractivity contribution in [3.05, 3.63) is 35.4 Å². The fraction of sp³-hybridized carbons (Fsp3) is 0.500. The van der Waals surface area contributed by atoms with E-state index in [4.69, 9.17) is 0 Å². The van der Waals surface area contributed by atoms with Crippen LogP contribution in [0.4, 0.5) is 0 Å². The minimum Gasteiger partial charge on any atom is -0.478 e. The molecule has 4 rings (SSSR count). The monoisotopic (exact) mass is 342 g/mol. The first kappa shape index (κ1) is 15.9. The first-order valence-electron chi connectivity index (χ1n) is 8.88. The summed E-state index contributed by atoms with van der Waals surface area (Å²) in [6.45, 7) is 0. The van der Waals surface area contributed by atoms with E-state index in [0.29, 0.717) is 24.3 Å². The molecule has 0 bridgehead atoms. The van der Waals surface area contributed by atoms with Crippen molar-refractivity contribution in [3.8, 4) is 0 Å². The quantitative estimate of drug-likeness (QED) is 0.764.